The van der Waals surface area contributed by atoms with Crippen molar-refractivity contribution in [1.82, 2.24) is 4.90 Å². The Kier molecular flexibility index (Phi) is 4.64. The molecule has 110 valence electrons. The van der Waals surface area contributed by atoms with Gasteiger partial charge in [0.25, 0.3) is 11.8 Å². The van der Waals surface area contributed by atoms with E-state index in [9.17, 15) is 9.59 Å². The summed E-state index contributed by atoms with van der Waals surface area (Å²) in [6.45, 7) is -0.157. The summed E-state index contributed by atoms with van der Waals surface area (Å²) in [5.74, 6) is -0.0486. The molecule has 1 fully saturated rings. The van der Waals surface area contributed by atoms with Crippen LogP contribution in [0.3, 0.4) is 0 Å². The van der Waals surface area contributed by atoms with Gasteiger partial charge < -0.3 is 10.5 Å². The molecule has 0 radical (unpaired) electrons. The van der Waals surface area contributed by atoms with Gasteiger partial charge in [-0.1, -0.05) is 12.1 Å². The lowest BCUT2D eigenvalue weighted by molar-refractivity contribution is -0.121. The predicted octanol–water partition coefficient (Wildman–Crippen LogP) is 1.08. The minimum Gasteiger partial charge on any atom is -0.484 e. The van der Waals surface area contributed by atoms with Gasteiger partial charge >= 0.3 is 0 Å². The fourth-order valence-corrected chi connectivity index (χ4v) is 2.64. The molecule has 0 aromatic heterocycles. The molecule has 0 atom stereocenters. The summed E-state index contributed by atoms with van der Waals surface area (Å²) in [5, 5.41) is 0.674. The zero-order valence-corrected chi connectivity index (χ0v) is 12.5. The van der Waals surface area contributed by atoms with Crippen molar-refractivity contribution in [2.75, 3.05) is 20.7 Å². The van der Waals surface area contributed by atoms with Crippen molar-refractivity contribution >= 4 is 34.8 Å². The lowest BCUT2D eigenvalue weighted by Crippen LogP contribution is -2.23. The average molecular weight is 305 g/mol. The van der Waals surface area contributed by atoms with Gasteiger partial charge in [-0.2, -0.15) is 0 Å². The molecule has 1 aliphatic rings. The van der Waals surface area contributed by atoms with E-state index in [-0.39, 0.29) is 12.5 Å². The number of amidine groups is 1. The van der Waals surface area contributed by atoms with E-state index in [1.807, 2.05) is 0 Å². The van der Waals surface area contributed by atoms with Crippen molar-refractivity contribution in [2.24, 2.45) is 10.7 Å². The number of hydrogen-bond acceptors (Lipinski definition) is 5. The molecule has 0 unspecified atom stereocenters. The Morgan fingerprint density at radius 3 is 2.62 bits per heavy atom. The number of nitrogens with two attached hydrogens (primary N) is 1. The van der Waals surface area contributed by atoms with Crippen LogP contribution in [0.4, 0.5) is 0 Å². The molecule has 1 aromatic rings. The van der Waals surface area contributed by atoms with Gasteiger partial charge in [0.2, 0.25) is 0 Å². The summed E-state index contributed by atoms with van der Waals surface area (Å²) < 4.78 is 5.17. The second-order valence-electron chi connectivity index (χ2n) is 4.31. The number of likely N-dealkylation sites (N-methyl/N-ethyl adjacent to an activating group) is 1. The smallest absolute Gasteiger partial charge is 0.266 e. The van der Waals surface area contributed by atoms with Crippen LogP contribution >= 0.6 is 11.8 Å². The van der Waals surface area contributed by atoms with Gasteiger partial charge in [-0.3, -0.25) is 19.5 Å². The molecule has 0 aliphatic carbocycles. The number of aliphatic imine (C=N–C) groups is 1. The lowest BCUT2D eigenvalue weighted by Gasteiger charge is -2.05. The number of nitrogens with zero attached hydrogens (tertiary/aromatic N) is 2. The molecule has 6 nitrogen and oxygen atoms in total. The molecule has 21 heavy (non-hydrogen) atoms. The maximum absolute atomic E-state index is 12.0. The molecule has 2 rings (SSSR count). The van der Waals surface area contributed by atoms with Gasteiger partial charge in [-0.25, -0.2) is 0 Å². The van der Waals surface area contributed by atoms with Crippen LogP contribution in [0, 0.1) is 0 Å². The molecular formula is C14H15N3O3S. The number of carbonyl (C=O) groups is 2. The maximum Gasteiger partial charge on any atom is 0.266 e. The van der Waals surface area contributed by atoms with Gasteiger partial charge in [0.15, 0.2) is 11.8 Å². The number of carbonyl (C=O) groups excluding carboxylic acids is 2. The molecule has 1 heterocycles. The summed E-state index contributed by atoms with van der Waals surface area (Å²) in [5.41, 5.74) is 5.87. The Morgan fingerprint density at radius 2 is 2.10 bits per heavy atom. The Hall–Kier alpha value is -2.28. The van der Waals surface area contributed by atoms with Crippen LogP contribution in [0.2, 0.25) is 0 Å². The maximum atomic E-state index is 12.0. The van der Waals surface area contributed by atoms with E-state index in [0.717, 1.165) is 5.56 Å². The van der Waals surface area contributed by atoms with Gasteiger partial charge in [-0.15, -0.1) is 0 Å². The molecule has 0 saturated carbocycles. The van der Waals surface area contributed by atoms with Crippen LogP contribution in [-0.4, -0.2) is 42.6 Å². The molecule has 1 saturated heterocycles. The second kappa shape index (κ2) is 6.45. The van der Waals surface area contributed by atoms with Crippen LogP contribution in [0.15, 0.2) is 34.2 Å². The number of benzene rings is 1. The standard InChI is InChI=1S/C14H15N3O3S/c1-16-14-17(2)13(19)11(21-14)7-9-3-5-10(6-4-9)20-8-12(15)18/h3-7H,8H2,1-2H3,(H2,15,18)/b11-7+,16-14?. The molecule has 1 aliphatic heterocycles. The lowest BCUT2D eigenvalue weighted by atomic mass is 10.2. The highest BCUT2D eigenvalue weighted by molar-refractivity contribution is 8.18. The fraction of sp³-hybridized carbons (Fsp3) is 0.214. The summed E-state index contributed by atoms with van der Waals surface area (Å²) in [6.07, 6.45) is 1.79. The summed E-state index contributed by atoms with van der Waals surface area (Å²) in [7, 11) is 3.35. The predicted molar refractivity (Wildman–Crippen MR) is 82.8 cm³/mol. The number of amides is 2. The van der Waals surface area contributed by atoms with Gasteiger partial charge in [0.1, 0.15) is 5.75 Å². The number of ether oxygens (including phenoxy) is 1. The first-order valence-corrected chi connectivity index (χ1v) is 6.98. The molecule has 1 aromatic carbocycles. The van der Waals surface area contributed by atoms with Crippen LogP contribution in [0.1, 0.15) is 5.56 Å². The summed E-state index contributed by atoms with van der Waals surface area (Å²) >= 11 is 1.34. The third-order valence-corrected chi connectivity index (χ3v) is 3.91. The first-order valence-electron chi connectivity index (χ1n) is 6.17. The van der Waals surface area contributed by atoms with Crippen LogP contribution < -0.4 is 10.5 Å². The van der Waals surface area contributed by atoms with Crippen molar-refractivity contribution in [3.8, 4) is 5.75 Å². The zero-order valence-electron chi connectivity index (χ0n) is 11.7. The third kappa shape index (κ3) is 3.63. The fourth-order valence-electron chi connectivity index (χ4n) is 1.72. The van der Waals surface area contributed by atoms with Crippen LogP contribution in [-0.2, 0) is 9.59 Å². The second-order valence-corrected chi connectivity index (χ2v) is 5.31. The first-order chi connectivity index (χ1) is 10.0. The van der Waals surface area contributed by atoms with Crippen LogP contribution in [0.25, 0.3) is 6.08 Å². The molecule has 7 heteroatoms. The minimum absolute atomic E-state index is 0.0744. The highest BCUT2D eigenvalue weighted by Crippen LogP contribution is 2.31. The highest BCUT2D eigenvalue weighted by atomic mass is 32.2. The Bertz CT molecular complexity index is 623. The molecule has 2 N–H and O–H groups in total. The van der Waals surface area contributed by atoms with E-state index in [2.05, 4.69) is 4.99 Å². The van der Waals surface area contributed by atoms with Crippen LogP contribution in [0.5, 0.6) is 5.75 Å². The molecular weight excluding hydrogens is 290 g/mol. The van der Waals surface area contributed by atoms with Gasteiger partial charge in [0.05, 0.1) is 4.91 Å². The zero-order chi connectivity index (χ0) is 15.4. The highest BCUT2D eigenvalue weighted by Gasteiger charge is 2.29. The molecule has 2 amide bonds. The van der Waals surface area contributed by atoms with Crippen molar-refractivity contribution in [3.05, 3.63) is 34.7 Å². The Labute approximate surface area is 126 Å². The minimum atomic E-state index is -0.524. The quantitative estimate of drug-likeness (QED) is 0.844. The summed E-state index contributed by atoms with van der Waals surface area (Å²) in [4.78, 5) is 28.8. The topological polar surface area (TPSA) is 85.0 Å². The third-order valence-electron chi connectivity index (χ3n) is 2.75. The average Bonchev–Trinajstić information content (AvgIpc) is 2.74. The molecule has 0 bridgehead atoms. The van der Waals surface area contributed by atoms with E-state index >= 15 is 0 Å². The molecule has 0 spiro atoms. The summed E-state index contributed by atoms with van der Waals surface area (Å²) in [6, 6.07) is 7.05. The van der Waals surface area contributed by atoms with Crippen molar-refractivity contribution in [3.63, 3.8) is 0 Å². The van der Waals surface area contributed by atoms with E-state index in [1.54, 1.807) is 44.4 Å². The number of thioether (sulfide) groups is 1. The van der Waals surface area contributed by atoms with Crippen molar-refractivity contribution in [1.29, 1.82) is 0 Å². The van der Waals surface area contributed by atoms with Gasteiger partial charge in [-0.05, 0) is 35.5 Å². The normalized spacial score (nSPS) is 18.6. The number of primary amides is 1. The van der Waals surface area contributed by atoms with Crippen molar-refractivity contribution in [2.45, 2.75) is 0 Å². The number of rotatable bonds is 4. The van der Waals surface area contributed by atoms with Crippen molar-refractivity contribution < 1.29 is 14.3 Å². The monoisotopic (exact) mass is 305 g/mol. The van der Waals surface area contributed by atoms with E-state index in [1.165, 1.54) is 16.7 Å². The largest absolute Gasteiger partial charge is 0.484 e. The number of hydrogen-bond donors (Lipinski definition) is 1. The van der Waals surface area contributed by atoms with Gasteiger partial charge in [0, 0.05) is 14.1 Å². The van der Waals surface area contributed by atoms with E-state index < -0.39 is 5.91 Å². The van der Waals surface area contributed by atoms with E-state index in [4.69, 9.17) is 10.5 Å². The van der Waals surface area contributed by atoms with E-state index in [0.29, 0.717) is 15.8 Å². The SMILES string of the molecule is CN=C1S/C(=C/c2ccc(OCC(N)=O)cc2)C(=O)N1C. The Morgan fingerprint density at radius 1 is 1.43 bits per heavy atom. The Balaban J connectivity index is 2.11. The first kappa shape index (κ1) is 15.1.